The standard InChI is InChI=1S/C29H31FN6O3S/c1-18(2)24-6-5-7-25(19(3)4)27(24)32-28(37)31-16-26-33-34-29(40-17-20-8-10-21(30)11-9-20)35(26)22-12-14-23(15-13-22)36(38)39/h5-15,18-19H,16-17H2,1-4H3,(H2,31,32,37). The largest absolute Gasteiger partial charge is 0.331 e. The number of hydrogen-bond donors (Lipinski definition) is 2. The van der Waals surface area contributed by atoms with Crippen molar-refractivity contribution in [3.8, 4) is 5.69 Å². The van der Waals surface area contributed by atoms with E-state index < -0.39 is 4.92 Å². The highest BCUT2D eigenvalue weighted by atomic mass is 32.2. The topological polar surface area (TPSA) is 115 Å². The quantitative estimate of drug-likeness (QED) is 0.120. The van der Waals surface area contributed by atoms with Gasteiger partial charge in [0.15, 0.2) is 11.0 Å². The average Bonchev–Trinajstić information content (AvgIpc) is 3.34. The molecule has 0 aliphatic heterocycles. The van der Waals surface area contributed by atoms with Crippen molar-refractivity contribution in [3.05, 3.63) is 105 Å². The van der Waals surface area contributed by atoms with E-state index in [4.69, 9.17) is 0 Å². The summed E-state index contributed by atoms with van der Waals surface area (Å²) in [6.45, 7) is 8.40. The Bertz CT molecular complexity index is 1460. The van der Waals surface area contributed by atoms with Crippen molar-refractivity contribution < 1.29 is 14.1 Å². The fraction of sp³-hybridized carbons (Fsp3) is 0.276. The normalized spacial score (nSPS) is 11.2. The number of rotatable bonds is 10. The second-order valence-electron chi connectivity index (χ2n) is 9.85. The van der Waals surface area contributed by atoms with Crippen LogP contribution in [-0.4, -0.2) is 25.7 Å². The molecule has 0 aliphatic carbocycles. The zero-order valence-corrected chi connectivity index (χ0v) is 23.5. The lowest BCUT2D eigenvalue weighted by molar-refractivity contribution is -0.384. The fourth-order valence-corrected chi connectivity index (χ4v) is 5.16. The fourth-order valence-electron chi connectivity index (χ4n) is 4.23. The maximum absolute atomic E-state index is 13.3. The van der Waals surface area contributed by atoms with Gasteiger partial charge in [-0.25, -0.2) is 9.18 Å². The Labute approximate surface area is 236 Å². The summed E-state index contributed by atoms with van der Waals surface area (Å²) in [6.07, 6.45) is 0. The molecule has 9 nitrogen and oxygen atoms in total. The highest BCUT2D eigenvalue weighted by Gasteiger charge is 2.19. The first-order valence-corrected chi connectivity index (χ1v) is 13.9. The lowest BCUT2D eigenvalue weighted by Crippen LogP contribution is -2.30. The molecule has 0 bridgehead atoms. The van der Waals surface area contributed by atoms with Crippen molar-refractivity contribution >= 4 is 29.2 Å². The van der Waals surface area contributed by atoms with Gasteiger partial charge >= 0.3 is 6.03 Å². The zero-order chi connectivity index (χ0) is 28.8. The lowest BCUT2D eigenvalue weighted by atomic mass is 9.93. The van der Waals surface area contributed by atoms with Gasteiger partial charge in [0, 0.05) is 29.3 Å². The average molecular weight is 563 g/mol. The Morgan fingerprint density at radius 2 is 1.60 bits per heavy atom. The van der Waals surface area contributed by atoms with Crippen LogP contribution in [-0.2, 0) is 12.3 Å². The van der Waals surface area contributed by atoms with E-state index >= 15 is 0 Å². The van der Waals surface area contributed by atoms with Gasteiger partial charge in [-0.05, 0) is 52.8 Å². The Morgan fingerprint density at radius 3 is 2.17 bits per heavy atom. The third kappa shape index (κ3) is 6.84. The van der Waals surface area contributed by atoms with E-state index in [-0.39, 0.29) is 35.9 Å². The van der Waals surface area contributed by atoms with Gasteiger partial charge in [0.1, 0.15) is 5.82 Å². The van der Waals surface area contributed by atoms with E-state index in [9.17, 15) is 19.3 Å². The molecule has 1 heterocycles. The predicted molar refractivity (Wildman–Crippen MR) is 154 cm³/mol. The number of nitrogens with zero attached hydrogens (tertiary/aromatic N) is 4. The van der Waals surface area contributed by atoms with Crippen LogP contribution in [0, 0.1) is 15.9 Å². The summed E-state index contributed by atoms with van der Waals surface area (Å²) in [5.74, 6) is 1.08. The molecular formula is C29H31FN6O3S. The number of hydrogen-bond acceptors (Lipinski definition) is 6. The number of non-ortho nitro benzene ring substituents is 1. The molecule has 0 fully saturated rings. The second-order valence-corrected chi connectivity index (χ2v) is 10.8. The number of carbonyl (C=O) groups is 1. The number of nitrogens with one attached hydrogen (secondary N) is 2. The Kier molecular flexibility index (Phi) is 9.15. The molecule has 0 saturated heterocycles. The van der Waals surface area contributed by atoms with E-state index in [0.717, 1.165) is 22.4 Å². The van der Waals surface area contributed by atoms with Gasteiger partial charge in [-0.15, -0.1) is 10.2 Å². The van der Waals surface area contributed by atoms with Crippen LogP contribution >= 0.6 is 11.8 Å². The maximum Gasteiger partial charge on any atom is 0.319 e. The van der Waals surface area contributed by atoms with Gasteiger partial charge in [0.05, 0.1) is 11.5 Å². The van der Waals surface area contributed by atoms with Crippen molar-refractivity contribution in [2.75, 3.05) is 5.32 Å². The monoisotopic (exact) mass is 562 g/mol. The molecule has 1 aromatic heterocycles. The van der Waals surface area contributed by atoms with Crippen molar-refractivity contribution in [1.82, 2.24) is 20.1 Å². The molecule has 40 heavy (non-hydrogen) atoms. The van der Waals surface area contributed by atoms with Crippen LogP contribution < -0.4 is 10.6 Å². The minimum atomic E-state index is -0.465. The Balaban J connectivity index is 1.57. The predicted octanol–water partition coefficient (Wildman–Crippen LogP) is 7.18. The summed E-state index contributed by atoms with van der Waals surface area (Å²) < 4.78 is 15.1. The molecule has 208 valence electrons. The van der Waals surface area contributed by atoms with Crippen LogP contribution in [0.15, 0.2) is 71.9 Å². The summed E-state index contributed by atoms with van der Waals surface area (Å²) in [6, 6.07) is 17.9. The summed E-state index contributed by atoms with van der Waals surface area (Å²) in [5, 5.41) is 26.2. The Hall–Kier alpha value is -4.25. The number of benzene rings is 3. The molecule has 0 radical (unpaired) electrons. The molecule has 0 saturated carbocycles. The van der Waals surface area contributed by atoms with Crippen LogP contribution in [0.5, 0.6) is 0 Å². The number of urea groups is 1. The minimum absolute atomic E-state index is 0.0406. The van der Waals surface area contributed by atoms with Gasteiger partial charge in [0.25, 0.3) is 5.69 Å². The van der Waals surface area contributed by atoms with Crippen molar-refractivity contribution in [2.24, 2.45) is 0 Å². The number of amides is 2. The van der Waals surface area contributed by atoms with E-state index in [1.165, 1.54) is 36.0 Å². The van der Waals surface area contributed by atoms with E-state index in [0.29, 0.717) is 22.4 Å². The second kappa shape index (κ2) is 12.7. The number of carbonyl (C=O) groups excluding carboxylic acids is 1. The number of para-hydroxylation sites is 1. The molecule has 0 atom stereocenters. The molecule has 2 N–H and O–H groups in total. The maximum atomic E-state index is 13.3. The summed E-state index contributed by atoms with van der Waals surface area (Å²) in [5.41, 5.74) is 4.37. The molecule has 2 amide bonds. The van der Waals surface area contributed by atoms with Crippen LogP contribution in [0.1, 0.15) is 62.0 Å². The van der Waals surface area contributed by atoms with Gasteiger partial charge in [-0.1, -0.05) is 69.8 Å². The smallest absolute Gasteiger partial charge is 0.319 e. The van der Waals surface area contributed by atoms with E-state index in [1.54, 1.807) is 28.8 Å². The first-order valence-electron chi connectivity index (χ1n) is 12.9. The molecule has 0 unspecified atom stereocenters. The van der Waals surface area contributed by atoms with Crippen LogP contribution in [0.4, 0.5) is 20.6 Å². The van der Waals surface area contributed by atoms with Gasteiger partial charge < -0.3 is 10.6 Å². The van der Waals surface area contributed by atoms with Gasteiger partial charge in [-0.3, -0.25) is 14.7 Å². The van der Waals surface area contributed by atoms with Crippen LogP contribution in [0.3, 0.4) is 0 Å². The summed E-state index contributed by atoms with van der Waals surface area (Å²) in [4.78, 5) is 23.8. The lowest BCUT2D eigenvalue weighted by Gasteiger charge is -2.20. The first kappa shape index (κ1) is 28.8. The zero-order valence-electron chi connectivity index (χ0n) is 22.7. The number of aromatic nitrogens is 3. The third-order valence-corrected chi connectivity index (χ3v) is 7.32. The minimum Gasteiger partial charge on any atom is -0.331 e. The summed E-state index contributed by atoms with van der Waals surface area (Å²) in [7, 11) is 0. The Morgan fingerprint density at radius 1 is 0.975 bits per heavy atom. The highest BCUT2D eigenvalue weighted by molar-refractivity contribution is 7.98. The molecular weight excluding hydrogens is 531 g/mol. The molecule has 4 rings (SSSR count). The molecule has 4 aromatic rings. The van der Waals surface area contributed by atoms with Crippen LogP contribution in [0.2, 0.25) is 0 Å². The summed E-state index contributed by atoms with van der Waals surface area (Å²) >= 11 is 1.38. The van der Waals surface area contributed by atoms with Crippen molar-refractivity contribution in [2.45, 2.75) is 57.0 Å². The number of nitro benzene ring substituents is 1. The van der Waals surface area contributed by atoms with Gasteiger partial charge in [-0.2, -0.15) is 0 Å². The third-order valence-electron chi connectivity index (χ3n) is 6.32. The molecule has 3 aromatic carbocycles. The highest BCUT2D eigenvalue weighted by Crippen LogP contribution is 2.32. The van der Waals surface area contributed by atoms with Crippen molar-refractivity contribution in [3.63, 3.8) is 0 Å². The van der Waals surface area contributed by atoms with Gasteiger partial charge in [0.2, 0.25) is 0 Å². The number of nitro groups is 1. The number of halogens is 1. The van der Waals surface area contributed by atoms with Crippen molar-refractivity contribution in [1.29, 1.82) is 0 Å². The van der Waals surface area contributed by atoms with Crippen LogP contribution in [0.25, 0.3) is 5.69 Å². The molecule has 11 heteroatoms. The first-order chi connectivity index (χ1) is 19.1. The molecule has 0 spiro atoms. The number of thioether (sulfide) groups is 1. The SMILES string of the molecule is CC(C)c1cccc(C(C)C)c1NC(=O)NCc1nnc(SCc2ccc(F)cc2)n1-c1ccc([N+](=O)[O-])cc1. The van der Waals surface area contributed by atoms with E-state index in [2.05, 4.69) is 48.5 Å². The number of anilines is 1. The molecule has 0 aliphatic rings. The van der Waals surface area contributed by atoms with E-state index in [1.807, 2.05) is 18.2 Å².